The van der Waals surface area contributed by atoms with Crippen LogP contribution in [-0.2, 0) is 38.0 Å². The molecule has 4 aliphatic rings. The van der Waals surface area contributed by atoms with Crippen LogP contribution < -0.4 is 14.9 Å². The van der Waals surface area contributed by atoms with Crippen molar-refractivity contribution in [2.24, 2.45) is 0 Å². The first-order chi connectivity index (χ1) is 36.6. The van der Waals surface area contributed by atoms with Crippen LogP contribution >= 0.6 is 0 Å². The van der Waals surface area contributed by atoms with Gasteiger partial charge in [0.15, 0.2) is 35.9 Å². The van der Waals surface area contributed by atoms with Crippen molar-refractivity contribution in [3.63, 3.8) is 0 Å². The lowest BCUT2D eigenvalue weighted by Gasteiger charge is -2.48. The van der Waals surface area contributed by atoms with Crippen LogP contribution in [-0.4, -0.2) is 242 Å². The van der Waals surface area contributed by atoms with E-state index in [0.29, 0.717) is 5.56 Å². The highest BCUT2D eigenvalue weighted by Gasteiger charge is 2.55. The Morgan fingerprint density at radius 1 is 0.532 bits per heavy atom. The zero-order valence-corrected chi connectivity index (χ0v) is 39.7. The predicted molar refractivity (Wildman–Crippen MR) is 248 cm³/mol. The van der Waals surface area contributed by atoms with E-state index in [1.807, 2.05) is 0 Å². The third kappa shape index (κ3) is 11.9. The molecule has 0 spiro atoms. The van der Waals surface area contributed by atoms with Gasteiger partial charge in [0.2, 0.25) is 23.8 Å². The molecule has 4 fully saturated rings. The Morgan fingerprint density at radius 2 is 1.06 bits per heavy atom. The molecule has 422 valence electrons. The highest BCUT2D eigenvalue weighted by Crippen LogP contribution is 2.41. The summed E-state index contributed by atoms with van der Waals surface area (Å²) < 4.78 is 57.4. The summed E-state index contributed by atoms with van der Waals surface area (Å²) in [6.45, 7) is -3.65. The highest BCUT2D eigenvalue weighted by molar-refractivity contribution is 5.89. The topological polar surface area (TPSA) is 474 Å². The second-order valence-electron chi connectivity index (χ2n) is 18.2. The minimum Gasteiger partial charge on any atom is -0.508 e. The van der Waals surface area contributed by atoms with Gasteiger partial charge in [-0.05, 0) is 42.0 Å². The molecule has 17 N–H and O–H groups in total. The Morgan fingerprint density at radius 3 is 1.68 bits per heavy atom. The van der Waals surface area contributed by atoms with E-state index >= 15 is 0 Å². The molecule has 29 nitrogen and oxygen atoms in total. The summed E-state index contributed by atoms with van der Waals surface area (Å²) >= 11 is 0. The number of ether oxygens (including phenoxy) is 9. The number of phenolic OH excluding ortho intramolecular Hbond substituents is 4. The number of carbonyl (C=O) groups is 1. The third-order valence-corrected chi connectivity index (χ3v) is 13.1. The number of aliphatic hydroxyl groups is 13. The lowest BCUT2D eigenvalue weighted by atomic mass is 9.96. The van der Waals surface area contributed by atoms with Crippen LogP contribution in [0, 0.1) is 0 Å². The lowest BCUT2D eigenvalue weighted by molar-refractivity contribution is -0.389. The fourth-order valence-corrected chi connectivity index (χ4v) is 8.75. The molecule has 20 atom stereocenters. The van der Waals surface area contributed by atoms with Gasteiger partial charge in [0.1, 0.15) is 126 Å². The maximum absolute atomic E-state index is 14.6. The summed E-state index contributed by atoms with van der Waals surface area (Å²) in [6.07, 6.45) is -37.1. The maximum atomic E-state index is 14.6. The van der Waals surface area contributed by atoms with Crippen molar-refractivity contribution in [3.05, 3.63) is 76.5 Å². The number of aromatic hydroxyl groups is 4. The monoisotopic (exact) mass is 1100 g/mol. The molecular weight excluding hydrogens is 1040 g/mol. The van der Waals surface area contributed by atoms with Crippen LogP contribution in [0.15, 0.2) is 69.9 Å². The van der Waals surface area contributed by atoms with Crippen molar-refractivity contribution in [3.8, 4) is 45.8 Å². The predicted octanol–water partition coefficient (Wildman–Crippen LogP) is -5.45. The van der Waals surface area contributed by atoms with Crippen LogP contribution in [0.2, 0.25) is 0 Å². The molecule has 3 aromatic carbocycles. The number of esters is 1. The van der Waals surface area contributed by atoms with E-state index in [2.05, 4.69) is 0 Å². The molecule has 4 aromatic rings. The van der Waals surface area contributed by atoms with Crippen molar-refractivity contribution in [1.29, 1.82) is 0 Å². The van der Waals surface area contributed by atoms with Gasteiger partial charge in [-0.1, -0.05) is 12.1 Å². The van der Waals surface area contributed by atoms with Gasteiger partial charge in [0.05, 0.1) is 19.8 Å². The van der Waals surface area contributed by atoms with Crippen molar-refractivity contribution < 1.29 is 139 Å². The van der Waals surface area contributed by atoms with Gasteiger partial charge in [-0.15, -0.1) is 0 Å². The van der Waals surface area contributed by atoms with Crippen molar-refractivity contribution in [2.45, 2.75) is 123 Å². The first kappa shape index (κ1) is 57.3. The lowest BCUT2D eigenvalue weighted by Crippen LogP contribution is -2.67. The van der Waals surface area contributed by atoms with E-state index in [1.165, 1.54) is 30.3 Å². The number of carbonyl (C=O) groups excluding carboxylic acids is 1. The first-order valence-electron chi connectivity index (χ1n) is 23.5. The minimum atomic E-state index is -2.24. The number of rotatable bonds is 16. The number of aliphatic hydroxyl groups excluding tert-OH is 13. The summed E-state index contributed by atoms with van der Waals surface area (Å²) in [4.78, 5) is 27.2. The maximum Gasteiger partial charge on any atom is 0.330 e. The molecule has 77 heavy (non-hydrogen) atoms. The molecule has 5 heterocycles. The van der Waals surface area contributed by atoms with Gasteiger partial charge >= 0.3 is 5.97 Å². The fourth-order valence-electron chi connectivity index (χ4n) is 8.75. The smallest absolute Gasteiger partial charge is 0.330 e. The van der Waals surface area contributed by atoms with Crippen molar-refractivity contribution in [1.82, 2.24) is 0 Å². The number of hydrogen-bond donors (Lipinski definition) is 17. The zero-order chi connectivity index (χ0) is 55.7. The quantitative estimate of drug-likeness (QED) is 0.0283. The van der Waals surface area contributed by atoms with E-state index in [1.54, 1.807) is 0 Å². The van der Waals surface area contributed by atoms with E-state index in [-0.39, 0.29) is 11.3 Å². The summed E-state index contributed by atoms with van der Waals surface area (Å²) in [7, 11) is 0. The average Bonchev–Trinajstić information content (AvgIpc) is 3.43. The number of fused-ring (bicyclic) bond motifs is 1. The Kier molecular flexibility index (Phi) is 17.9. The van der Waals surface area contributed by atoms with Crippen LogP contribution in [0.3, 0.4) is 0 Å². The van der Waals surface area contributed by atoms with Crippen LogP contribution in [0.5, 0.6) is 34.5 Å². The standard InChI is InChI=1S/C48H56O29/c49-12-24-30(57)35(62)39(66)45(71-24)69-19-10-22(55)29-23(11-19)70-41(17-4-7-20(53)21(54)9-17)42(34(29)61)75-47-44(38(65)32(59)25(13-50)72-47)77-48-43(37(64)31(58)26(14-51)73-48)76-46-40(67)36(63)33(60)27(74-46)15-68-28(56)8-3-16-1-5-18(52)6-2-16/h1-11,24-27,30-33,35-40,43-55,57-60,62-67H,12-15H2/b8-3+/t24-,25-,26-,27-,30-,31-,32-,33-,35+,36+,37+,38+,39-,40-,43-,44-,45-,46+,47+,48+/m1/s1. The summed E-state index contributed by atoms with van der Waals surface area (Å²) in [5, 5.41) is 180. The molecule has 0 amide bonds. The van der Waals surface area contributed by atoms with Gasteiger partial charge in [0, 0.05) is 23.8 Å². The van der Waals surface area contributed by atoms with Crippen LogP contribution in [0.25, 0.3) is 28.4 Å². The van der Waals surface area contributed by atoms with Crippen molar-refractivity contribution >= 4 is 23.0 Å². The molecule has 29 heteroatoms. The molecule has 4 saturated heterocycles. The van der Waals surface area contributed by atoms with Gasteiger partial charge in [0.25, 0.3) is 0 Å². The van der Waals surface area contributed by atoms with Crippen LogP contribution in [0.1, 0.15) is 5.56 Å². The largest absolute Gasteiger partial charge is 0.508 e. The fraction of sp³-hybridized carbons (Fsp3) is 0.500. The molecule has 0 aliphatic carbocycles. The molecule has 0 radical (unpaired) electrons. The highest BCUT2D eigenvalue weighted by atomic mass is 16.8. The van der Waals surface area contributed by atoms with E-state index < -0.39 is 206 Å². The normalized spacial score (nSPS) is 35.7. The zero-order valence-electron chi connectivity index (χ0n) is 39.7. The minimum absolute atomic E-state index is 0.0288. The molecule has 1 aromatic heterocycles. The van der Waals surface area contributed by atoms with Gasteiger partial charge in [-0.2, -0.15) is 0 Å². The first-order valence-corrected chi connectivity index (χ1v) is 23.5. The van der Waals surface area contributed by atoms with Gasteiger partial charge < -0.3 is 134 Å². The second kappa shape index (κ2) is 24.0. The molecule has 8 rings (SSSR count). The number of benzene rings is 3. The molecule has 0 bridgehead atoms. The van der Waals surface area contributed by atoms with Crippen LogP contribution in [0.4, 0.5) is 0 Å². The van der Waals surface area contributed by atoms with Gasteiger partial charge in [-0.25, -0.2) is 4.79 Å². The third-order valence-electron chi connectivity index (χ3n) is 13.1. The summed E-state index contributed by atoms with van der Waals surface area (Å²) in [6, 6.07) is 10.5. The molecular formula is C48H56O29. The molecule has 4 aliphatic heterocycles. The second-order valence-corrected chi connectivity index (χ2v) is 18.2. The van der Waals surface area contributed by atoms with E-state index in [9.17, 15) is 96.4 Å². The Balaban J connectivity index is 1.11. The Labute approximate surface area is 432 Å². The van der Waals surface area contributed by atoms with Gasteiger partial charge in [-0.3, -0.25) is 4.79 Å². The van der Waals surface area contributed by atoms with E-state index in [0.717, 1.165) is 36.4 Å². The number of hydrogen-bond acceptors (Lipinski definition) is 29. The Bertz CT molecular complexity index is 2750. The average molecular weight is 1100 g/mol. The summed E-state index contributed by atoms with van der Waals surface area (Å²) in [5.74, 6) is -5.30. The van der Waals surface area contributed by atoms with E-state index in [4.69, 9.17) is 47.0 Å². The Hall–Kier alpha value is -5.88. The van der Waals surface area contributed by atoms with Crippen molar-refractivity contribution in [2.75, 3.05) is 26.4 Å². The SMILES string of the molecule is O=C(/C=C/c1ccc(O)cc1)OC[C@H]1O[C@@H](O[C@H]2[C@H](O[C@H]3[C@H](Oc4c(-c5ccc(O)c(O)c5)oc5cc(O[C@@H]6O[C@H](CO)[C@@H](O)[C@H](O)[C@H]6O)cc(O)c5c4=O)O[C@H](CO)[C@@H](O)[C@@H]3O)O[C@H](CO)[C@@H](O)[C@@H]2O)[C@H](O)[C@@H](O)[C@@H]1O. The molecule has 0 saturated carbocycles. The molecule has 0 unspecified atom stereocenters. The number of phenols is 4. The summed E-state index contributed by atoms with van der Waals surface area (Å²) in [5.41, 5.74) is -1.53.